The Kier molecular flexibility index (Phi) is 4.31. The minimum Gasteiger partial charge on any atom is -0.349 e. The van der Waals surface area contributed by atoms with Gasteiger partial charge in [0.05, 0.1) is 5.56 Å². The van der Waals surface area contributed by atoms with E-state index in [2.05, 4.69) is 17.2 Å². The zero-order valence-electron chi connectivity index (χ0n) is 14.1. The summed E-state index contributed by atoms with van der Waals surface area (Å²) in [5.74, 6) is 1.69. The fraction of sp³-hybridized carbons (Fsp3) is 0.316. The Morgan fingerprint density at radius 1 is 1.12 bits per heavy atom. The van der Waals surface area contributed by atoms with Gasteiger partial charge in [0, 0.05) is 5.92 Å². The molecule has 128 valence electrons. The van der Waals surface area contributed by atoms with Gasteiger partial charge in [-0.1, -0.05) is 55.1 Å². The Hall–Kier alpha value is -2.18. The molecule has 2 heterocycles. The molecule has 1 aliphatic heterocycles. The van der Waals surface area contributed by atoms with Gasteiger partial charge in [0.25, 0.3) is 5.06 Å². The molecule has 2 aromatic carbocycles. The third-order valence-corrected chi connectivity index (χ3v) is 6.17. The number of hydrogen-bond acceptors (Lipinski definition) is 4. The van der Waals surface area contributed by atoms with Crippen molar-refractivity contribution in [1.29, 1.82) is 0 Å². The van der Waals surface area contributed by atoms with Crippen molar-refractivity contribution in [3.8, 4) is 17.1 Å². The molecule has 3 aromatic rings. The highest BCUT2D eigenvalue weighted by Gasteiger charge is 2.48. The second kappa shape index (κ2) is 6.61. The quantitative estimate of drug-likeness (QED) is 0.736. The number of nitrogens with zero attached hydrogens (tertiary/aromatic N) is 4. The fourth-order valence-corrected chi connectivity index (χ4v) is 4.55. The maximum absolute atomic E-state index is 11.6. The Balaban J connectivity index is 1.94. The van der Waals surface area contributed by atoms with Crippen LogP contribution in [0.25, 0.3) is 17.1 Å². The summed E-state index contributed by atoms with van der Waals surface area (Å²) in [7, 11) is 0. The summed E-state index contributed by atoms with van der Waals surface area (Å²) in [6.45, 7) is 2.09. The van der Waals surface area contributed by atoms with Crippen molar-refractivity contribution >= 4 is 11.8 Å². The predicted octanol–water partition coefficient (Wildman–Crippen LogP) is 2.99. The van der Waals surface area contributed by atoms with Crippen LogP contribution in [0.5, 0.6) is 0 Å². The number of para-hydroxylation sites is 1. The van der Waals surface area contributed by atoms with Gasteiger partial charge in [-0.2, -0.15) is 0 Å². The van der Waals surface area contributed by atoms with Crippen LogP contribution in [0.1, 0.15) is 19.8 Å². The Bertz CT molecular complexity index is 795. The van der Waals surface area contributed by atoms with Gasteiger partial charge in [-0.3, -0.25) is 0 Å². The normalized spacial score (nSPS) is 23.5. The molecule has 0 aliphatic carbocycles. The van der Waals surface area contributed by atoms with E-state index in [1.807, 2.05) is 65.3 Å². The average Bonchev–Trinajstić information content (AvgIpc) is 3.11. The standard InChI is InChI=1S/C19H21N4OS/c1-15-9-8-14-25-19(15,24)22-18(16-10-4-2-5-11-16)20-21-23(22)17-12-6-3-7-13-17/h2-7,10-13,15,24H,8-9,14H2,1H3/q+1. The van der Waals surface area contributed by atoms with Gasteiger partial charge < -0.3 is 5.11 Å². The Morgan fingerprint density at radius 2 is 1.80 bits per heavy atom. The molecule has 0 amide bonds. The Morgan fingerprint density at radius 3 is 2.48 bits per heavy atom. The minimum absolute atomic E-state index is 0.0969. The monoisotopic (exact) mass is 353 g/mol. The Labute approximate surface area is 151 Å². The van der Waals surface area contributed by atoms with E-state index in [1.165, 1.54) is 0 Å². The summed E-state index contributed by atoms with van der Waals surface area (Å²) >= 11 is 1.57. The lowest BCUT2D eigenvalue weighted by atomic mass is 10.0. The molecular formula is C19H21N4OS+. The van der Waals surface area contributed by atoms with Crippen LogP contribution in [0.2, 0.25) is 0 Å². The molecule has 0 saturated carbocycles. The number of thioether (sulfide) groups is 1. The second-order valence-electron chi connectivity index (χ2n) is 6.37. The van der Waals surface area contributed by atoms with Gasteiger partial charge in [0.2, 0.25) is 0 Å². The first-order valence-corrected chi connectivity index (χ1v) is 9.54. The van der Waals surface area contributed by atoms with Crippen LogP contribution >= 0.6 is 11.8 Å². The lowest BCUT2D eigenvalue weighted by Gasteiger charge is -2.35. The van der Waals surface area contributed by atoms with Gasteiger partial charge in [-0.25, -0.2) is 0 Å². The smallest absolute Gasteiger partial charge is 0.335 e. The number of aliphatic hydroxyl groups is 1. The van der Waals surface area contributed by atoms with Crippen LogP contribution in [-0.2, 0) is 5.06 Å². The van der Waals surface area contributed by atoms with Crippen molar-refractivity contribution in [2.24, 2.45) is 5.92 Å². The van der Waals surface area contributed by atoms with Crippen LogP contribution in [-0.4, -0.2) is 26.0 Å². The van der Waals surface area contributed by atoms with Crippen LogP contribution in [0.15, 0.2) is 60.7 Å². The lowest BCUT2D eigenvalue weighted by Crippen LogP contribution is -2.64. The summed E-state index contributed by atoms with van der Waals surface area (Å²) in [5, 5.41) is 19.3. The molecule has 1 N–H and O–H groups in total. The highest BCUT2D eigenvalue weighted by atomic mass is 32.2. The van der Waals surface area contributed by atoms with Gasteiger partial charge in [0.15, 0.2) is 5.21 Å². The molecule has 0 bridgehead atoms. The zero-order chi connectivity index (χ0) is 17.3. The molecule has 1 aliphatic rings. The maximum atomic E-state index is 11.6. The summed E-state index contributed by atoms with van der Waals surface area (Å²) in [5.41, 5.74) is 1.82. The molecule has 0 spiro atoms. The van der Waals surface area contributed by atoms with E-state index in [-0.39, 0.29) is 5.92 Å². The van der Waals surface area contributed by atoms with Crippen molar-refractivity contribution < 1.29 is 9.79 Å². The van der Waals surface area contributed by atoms with E-state index in [9.17, 15) is 5.11 Å². The number of rotatable bonds is 3. The van der Waals surface area contributed by atoms with Crippen molar-refractivity contribution in [2.45, 2.75) is 24.8 Å². The maximum Gasteiger partial charge on any atom is 0.335 e. The van der Waals surface area contributed by atoms with Gasteiger partial charge in [-0.15, -0.1) is 4.68 Å². The lowest BCUT2D eigenvalue weighted by molar-refractivity contribution is -0.839. The van der Waals surface area contributed by atoms with Crippen LogP contribution in [0.4, 0.5) is 0 Å². The zero-order valence-corrected chi connectivity index (χ0v) is 14.9. The predicted molar refractivity (Wildman–Crippen MR) is 98.0 cm³/mol. The number of tetrazole rings is 1. The van der Waals surface area contributed by atoms with E-state index in [1.54, 1.807) is 16.6 Å². The molecule has 6 heteroatoms. The highest BCUT2D eigenvalue weighted by molar-refractivity contribution is 7.99. The molecule has 0 radical (unpaired) electrons. The van der Waals surface area contributed by atoms with Crippen molar-refractivity contribution in [1.82, 2.24) is 15.1 Å². The number of aromatic nitrogens is 4. The SMILES string of the molecule is CC1CCCSC1(O)[n+]1c(-c2ccccc2)nnn1-c1ccccc1. The van der Waals surface area contributed by atoms with Crippen molar-refractivity contribution in [2.75, 3.05) is 5.75 Å². The van der Waals surface area contributed by atoms with Crippen molar-refractivity contribution in [3.63, 3.8) is 0 Å². The van der Waals surface area contributed by atoms with Crippen molar-refractivity contribution in [3.05, 3.63) is 60.7 Å². The van der Waals surface area contributed by atoms with E-state index >= 15 is 0 Å². The molecule has 5 nitrogen and oxygen atoms in total. The first kappa shape index (κ1) is 16.3. The largest absolute Gasteiger partial charge is 0.349 e. The summed E-state index contributed by atoms with van der Waals surface area (Å²) in [6.07, 6.45) is 2.09. The first-order chi connectivity index (χ1) is 12.2. The van der Waals surface area contributed by atoms with E-state index in [0.29, 0.717) is 5.82 Å². The van der Waals surface area contributed by atoms with Gasteiger partial charge in [-0.05, 0) is 47.7 Å². The van der Waals surface area contributed by atoms with E-state index in [4.69, 9.17) is 0 Å². The van der Waals surface area contributed by atoms with Crippen LogP contribution < -0.4 is 4.68 Å². The molecular weight excluding hydrogens is 332 g/mol. The van der Waals surface area contributed by atoms with E-state index < -0.39 is 5.06 Å². The minimum atomic E-state index is -1.08. The summed E-state index contributed by atoms with van der Waals surface area (Å²) < 4.78 is 1.85. The molecule has 1 aromatic heterocycles. The molecule has 2 atom stereocenters. The molecule has 4 rings (SSSR count). The van der Waals surface area contributed by atoms with Crippen LogP contribution in [0.3, 0.4) is 0 Å². The third kappa shape index (κ3) is 2.85. The summed E-state index contributed by atoms with van der Waals surface area (Å²) in [4.78, 5) is 1.72. The molecule has 2 unspecified atom stereocenters. The topological polar surface area (TPSA) is 54.8 Å². The average molecular weight is 353 g/mol. The number of hydrogen-bond donors (Lipinski definition) is 1. The van der Waals surface area contributed by atoms with E-state index in [0.717, 1.165) is 29.8 Å². The van der Waals surface area contributed by atoms with Gasteiger partial charge in [0.1, 0.15) is 10.8 Å². The second-order valence-corrected chi connectivity index (χ2v) is 7.66. The first-order valence-electron chi connectivity index (χ1n) is 8.56. The summed E-state index contributed by atoms with van der Waals surface area (Å²) in [6, 6.07) is 19.8. The molecule has 1 saturated heterocycles. The van der Waals surface area contributed by atoms with Gasteiger partial charge >= 0.3 is 5.82 Å². The highest BCUT2D eigenvalue weighted by Crippen LogP contribution is 2.40. The molecule has 1 fully saturated rings. The van der Waals surface area contributed by atoms with Crippen LogP contribution in [0, 0.1) is 5.92 Å². The number of benzene rings is 2. The fourth-order valence-electron chi connectivity index (χ4n) is 3.25. The molecule has 25 heavy (non-hydrogen) atoms. The third-order valence-electron chi connectivity index (χ3n) is 4.67.